The Labute approximate surface area is 176 Å². The van der Waals surface area contributed by atoms with Gasteiger partial charge in [-0.25, -0.2) is 0 Å². The lowest BCUT2D eigenvalue weighted by Gasteiger charge is -2.55. The Hall–Kier alpha value is -1.82. The topological polar surface area (TPSA) is 68.0 Å². The fraction of sp³-hybridized carbons (Fsp3) is 0.609. The van der Waals surface area contributed by atoms with Gasteiger partial charge in [-0.3, -0.25) is 4.79 Å². The molecular weight excluding hydrogens is 382 g/mol. The third kappa shape index (κ3) is 3.60. The zero-order chi connectivity index (χ0) is 20.2. The first-order valence-electron chi connectivity index (χ1n) is 10.8. The van der Waals surface area contributed by atoms with Crippen molar-refractivity contribution >= 4 is 23.4 Å². The molecule has 29 heavy (non-hydrogen) atoms. The minimum absolute atomic E-state index is 0.0449. The average Bonchev–Trinajstić information content (AvgIpc) is 3.12. The zero-order valence-electron chi connectivity index (χ0n) is 17.4. The van der Waals surface area contributed by atoms with E-state index in [0.29, 0.717) is 5.22 Å². The van der Waals surface area contributed by atoms with E-state index >= 15 is 0 Å². The maximum Gasteiger partial charge on any atom is 0.277 e. The number of anilines is 1. The molecule has 1 N–H and O–H groups in total. The van der Waals surface area contributed by atoms with Crippen LogP contribution in [0.2, 0.25) is 0 Å². The first kappa shape index (κ1) is 19.2. The molecule has 154 valence electrons. The number of hydrogen-bond donors (Lipinski definition) is 1. The first-order valence-corrected chi connectivity index (χ1v) is 11.7. The predicted octanol–water partition coefficient (Wildman–Crippen LogP) is 5.27. The molecule has 1 atom stereocenters. The van der Waals surface area contributed by atoms with Gasteiger partial charge in [0.25, 0.3) is 5.22 Å². The van der Waals surface area contributed by atoms with Gasteiger partial charge in [0.05, 0.1) is 5.25 Å². The maximum atomic E-state index is 12.7. The minimum atomic E-state index is -0.305. The molecule has 6 heteroatoms. The van der Waals surface area contributed by atoms with E-state index in [2.05, 4.69) is 21.6 Å². The van der Waals surface area contributed by atoms with E-state index in [1.165, 1.54) is 55.9 Å². The molecule has 4 aliphatic carbocycles. The number of amides is 1. The lowest BCUT2D eigenvalue weighted by molar-refractivity contribution is -0.115. The van der Waals surface area contributed by atoms with Gasteiger partial charge in [-0.15, -0.1) is 10.2 Å². The van der Waals surface area contributed by atoms with Crippen LogP contribution in [0.4, 0.5) is 5.69 Å². The normalized spacial score (nSPS) is 31.1. The summed E-state index contributed by atoms with van der Waals surface area (Å²) in [6.45, 7) is 5.95. The summed E-state index contributed by atoms with van der Waals surface area (Å²) < 4.78 is 6.14. The number of carbonyl (C=O) groups is 1. The van der Waals surface area contributed by atoms with E-state index < -0.39 is 0 Å². The number of aromatic nitrogens is 2. The molecule has 1 heterocycles. The van der Waals surface area contributed by atoms with Crippen molar-refractivity contribution in [3.8, 4) is 0 Å². The third-order valence-electron chi connectivity index (χ3n) is 7.18. The zero-order valence-corrected chi connectivity index (χ0v) is 18.2. The summed E-state index contributed by atoms with van der Waals surface area (Å²) in [4.78, 5) is 12.7. The Morgan fingerprint density at radius 3 is 2.41 bits per heavy atom. The van der Waals surface area contributed by atoms with E-state index in [4.69, 9.17) is 4.42 Å². The number of benzene rings is 1. The summed E-state index contributed by atoms with van der Waals surface area (Å²) in [6.07, 6.45) is 7.79. The molecule has 5 nitrogen and oxygen atoms in total. The van der Waals surface area contributed by atoms with Crippen molar-refractivity contribution in [2.24, 2.45) is 17.8 Å². The van der Waals surface area contributed by atoms with E-state index in [0.717, 1.165) is 34.9 Å². The van der Waals surface area contributed by atoms with E-state index in [9.17, 15) is 4.79 Å². The molecule has 1 amide bonds. The molecular formula is C23H29N3O2S. The van der Waals surface area contributed by atoms with Gasteiger partial charge in [0.2, 0.25) is 11.8 Å². The van der Waals surface area contributed by atoms with Crippen LogP contribution in [0.1, 0.15) is 62.5 Å². The molecule has 4 fully saturated rings. The molecule has 0 saturated heterocycles. The number of rotatable bonds is 5. The molecule has 1 aromatic carbocycles. The minimum Gasteiger partial charge on any atom is -0.415 e. The van der Waals surface area contributed by atoms with Crippen molar-refractivity contribution in [3.05, 3.63) is 35.2 Å². The number of thioether (sulfide) groups is 1. The highest BCUT2D eigenvalue weighted by atomic mass is 32.2. The molecule has 4 bridgehead atoms. The molecule has 6 rings (SSSR count). The van der Waals surface area contributed by atoms with Crippen LogP contribution in [0.15, 0.2) is 27.8 Å². The fourth-order valence-corrected chi connectivity index (χ4v) is 6.92. The monoisotopic (exact) mass is 411 g/mol. The third-order valence-corrected chi connectivity index (χ3v) is 8.12. The van der Waals surface area contributed by atoms with Crippen LogP contribution in [0.3, 0.4) is 0 Å². The number of carbonyl (C=O) groups excluding carboxylic acids is 1. The van der Waals surface area contributed by atoms with Gasteiger partial charge >= 0.3 is 0 Å². The number of aryl methyl sites for hydroxylation is 2. The number of nitrogens with zero attached hydrogens (tertiary/aromatic N) is 2. The lowest BCUT2D eigenvalue weighted by atomic mass is 9.49. The van der Waals surface area contributed by atoms with Gasteiger partial charge in [-0.2, -0.15) is 0 Å². The van der Waals surface area contributed by atoms with Gasteiger partial charge in [-0.1, -0.05) is 29.5 Å². The lowest BCUT2D eigenvalue weighted by Crippen LogP contribution is -2.48. The smallest absolute Gasteiger partial charge is 0.277 e. The average molecular weight is 412 g/mol. The first-order chi connectivity index (χ1) is 13.9. The summed E-state index contributed by atoms with van der Waals surface area (Å²) >= 11 is 1.35. The second-order valence-electron chi connectivity index (χ2n) is 9.64. The summed E-state index contributed by atoms with van der Waals surface area (Å²) in [6, 6.07) is 6.04. The largest absolute Gasteiger partial charge is 0.415 e. The van der Waals surface area contributed by atoms with E-state index in [1.807, 2.05) is 32.9 Å². The molecule has 0 unspecified atom stereocenters. The van der Waals surface area contributed by atoms with Crippen LogP contribution in [0, 0.1) is 31.6 Å². The van der Waals surface area contributed by atoms with Gasteiger partial charge in [0.1, 0.15) is 0 Å². The van der Waals surface area contributed by atoms with Gasteiger partial charge in [0.15, 0.2) is 0 Å². The Morgan fingerprint density at radius 2 is 1.79 bits per heavy atom. The van der Waals surface area contributed by atoms with Crippen molar-refractivity contribution in [3.63, 3.8) is 0 Å². The fourth-order valence-electron chi connectivity index (χ4n) is 6.24. The molecule has 2 aromatic rings. The van der Waals surface area contributed by atoms with Crippen LogP contribution in [-0.2, 0) is 10.2 Å². The quantitative estimate of drug-likeness (QED) is 0.679. The van der Waals surface area contributed by atoms with Crippen molar-refractivity contribution in [2.75, 3.05) is 5.32 Å². The van der Waals surface area contributed by atoms with Crippen molar-refractivity contribution in [1.82, 2.24) is 10.2 Å². The number of nitrogens with one attached hydrogen (secondary N) is 1. The van der Waals surface area contributed by atoms with E-state index in [1.54, 1.807) is 0 Å². The number of hydrogen-bond acceptors (Lipinski definition) is 5. The molecule has 0 aliphatic heterocycles. The van der Waals surface area contributed by atoms with E-state index in [-0.39, 0.29) is 16.6 Å². The summed E-state index contributed by atoms with van der Waals surface area (Å²) in [5, 5.41) is 12.0. The summed E-state index contributed by atoms with van der Waals surface area (Å²) in [7, 11) is 0. The second kappa shape index (κ2) is 7.15. The van der Waals surface area contributed by atoms with Crippen LogP contribution in [0.5, 0.6) is 0 Å². The molecule has 0 radical (unpaired) electrons. The summed E-state index contributed by atoms with van der Waals surface area (Å²) in [5.74, 6) is 3.29. The highest BCUT2D eigenvalue weighted by molar-refractivity contribution is 8.00. The van der Waals surface area contributed by atoms with Crippen LogP contribution < -0.4 is 5.32 Å². The van der Waals surface area contributed by atoms with Crippen molar-refractivity contribution in [1.29, 1.82) is 0 Å². The Balaban J connectivity index is 1.26. The molecule has 4 saturated carbocycles. The predicted molar refractivity (Wildman–Crippen MR) is 114 cm³/mol. The van der Waals surface area contributed by atoms with Gasteiger partial charge in [0, 0.05) is 11.1 Å². The van der Waals surface area contributed by atoms with Crippen LogP contribution in [-0.4, -0.2) is 21.4 Å². The Morgan fingerprint density at radius 1 is 1.14 bits per heavy atom. The standard InChI is InChI=1S/C23H29N3O2S/c1-13-4-5-19(14(2)6-13)24-20(27)15(3)29-22-26-25-21(28-22)23-10-16-7-17(11-23)9-18(8-16)12-23/h4-6,15-18H,7-12H2,1-3H3,(H,24,27)/t15-,16?,17?,18?,23?/m0/s1. The van der Waals surface area contributed by atoms with Crippen LogP contribution >= 0.6 is 11.8 Å². The Kier molecular flexibility index (Phi) is 4.72. The van der Waals surface area contributed by atoms with Gasteiger partial charge in [-0.05, 0) is 88.7 Å². The van der Waals surface area contributed by atoms with Crippen molar-refractivity contribution < 1.29 is 9.21 Å². The van der Waals surface area contributed by atoms with Gasteiger partial charge < -0.3 is 9.73 Å². The second-order valence-corrected chi connectivity index (χ2v) is 10.9. The Bertz CT molecular complexity index is 903. The SMILES string of the molecule is Cc1ccc(NC(=O)[C@H](C)Sc2nnc(C34CC5CC(CC(C5)C3)C4)o2)c(C)c1. The van der Waals surface area contributed by atoms with Crippen molar-refractivity contribution in [2.45, 2.75) is 75.2 Å². The maximum absolute atomic E-state index is 12.7. The van der Waals surface area contributed by atoms with Crippen LogP contribution in [0.25, 0.3) is 0 Å². The molecule has 1 aromatic heterocycles. The molecule has 0 spiro atoms. The highest BCUT2D eigenvalue weighted by Gasteiger charge is 2.54. The molecule has 4 aliphatic rings. The summed E-state index contributed by atoms with van der Waals surface area (Å²) in [5.41, 5.74) is 3.21. The highest BCUT2D eigenvalue weighted by Crippen LogP contribution is 2.60.